The van der Waals surface area contributed by atoms with E-state index in [1.54, 1.807) is 42.6 Å². The smallest absolute Gasteiger partial charge is 0.416 e. The lowest BCUT2D eigenvalue weighted by Gasteiger charge is -2.25. The minimum absolute atomic E-state index is 0.0829. The molecule has 0 spiro atoms. The number of hydrogen-bond acceptors (Lipinski definition) is 5. The van der Waals surface area contributed by atoms with E-state index in [9.17, 15) is 27.9 Å². The molecule has 0 aliphatic carbocycles. The van der Waals surface area contributed by atoms with Gasteiger partial charge in [-0.2, -0.15) is 13.2 Å². The van der Waals surface area contributed by atoms with Crippen molar-refractivity contribution in [2.75, 3.05) is 11.5 Å². The number of Topliss-reactive ketones (excluding diaryl/α,β-unsaturated/α-hetero) is 1. The Kier molecular flexibility index (Phi) is 6.22. The number of benzene rings is 2. The largest absolute Gasteiger partial charge is 0.507 e. The van der Waals surface area contributed by atoms with E-state index in [1.165, 1.54) is 23.5 Å². The van der Waals surface area contributed by atoms with Crippen molar-refractivity contribution < 1.29 is 32.6 Å². The lowest BCUT2D eigenvalue weighted by Crippen LogP contribution is -2.29. The minimum Gasteiger partial charge on any atom is -0.507 e. The number of anilines is 1. The lowest BCUT2D eigenvalue weighted by atomic mass is 9.98. The van der Waals surface area contributed by atoms with Gasteiger partial charge in [0.15, 0.2) is 0 Å². The third-order valence-corrected chi connectivity index (χ3v) is 6.56. The number of ketones is 1. The number of hydrogen-bond donors (Lipinski definition) is 1. The van der Waals surface area contributed by atoms with Crippen molar-refractivity contribution in [1.29, 1.82) is 0 Å². The highest BCUT2D eigenvalue weighted by molar-refractivity contribution is 7.10. The van der Waals surface area contributed by atoms with E-state index in [-0.39, 0.29) is 16.8 Å². The van der Waals surface area contributed by atoms with Crippen LogP contribution in [0.4, 0.5) is 18.9 Å². The predicted octanol–water partition coefficient (Wildman–Crippen LogP) is 6.10. The van der Waals surface area contributed by atoms with Gasteiger partial charge < -0.3 is 9.84 Å². The zero-order valence-electron chi connectivity index (χ0n) is 18.2. The molecule has 1 amide bonds. The van der Waals surface area contributed by atoms with E-state index in [0.29, 0.717) is 17.2 Å². The molecule has 9 heteroatoms. The summed E-state index contributed by atoms with van der Waals surface area (Å²) in [5, 5.41) is 12.9. The summed E-state index contributed by atoms with van der Waals surface area (Å²) in [6, 6.07) is 11.3. The normalized spacial score (nSPS) is 17.9. The van der Waals surface area contributed by atoms with Crippen molar-refractivity contribution in [3.8, 4) is 5.75 Å². The molecule has 0 radical (unpaired) electrons. The SMILES string of the molecule is CCOc1ccc(/C(O)=C2/C(=O)C(=O)N(c3cccc(C(F)(F)F)c3)C2c2sccc2C)cc1. The molecule has 2 heterocycles. The van der Waals surface area contributed by atoms with Crippen molar-refractivity contribution in [3.63, 3.8) is 0 Å². The standard InChI is InChI=1S/C25H20F3NO4S/c1-3-33-18-9-7-15(8-10-18)21(30)19-20(23-14(2)11-12-34-23)29(24(32)22(19)31)17-6-4-5-16(13-17)25(26,27)28/h4-13,20,30H,3H2,1-2H3/b21-19-. The maximum Gasteiger partial charge on any atom is 0.416 e. The number of nitrogens with zero attached hydrogens (tertiary/aromatic N) is 1. The molecule has 3 aromatic rings. The fourth-order valence-electron chi connectivity index (χ4n) is 3.87. The van der Waals surface area contributed by atoms with Gasteiger partial charge >= 0.3 is 6.18 Å². The van der Waals surface area contributed by atoms with E-state index >= 15 is 0 Å². The molecule has 1 atom stereocenters. The number of rotatable bonds is 5. The van der Waals surface area contributed by atoms with Crippen molar-refractivity contribution in [2.24, 2.45) is 0 Å². The Balaban J connectivity index is 1.89. The summed E-state index contributed by atoms with van der Waals surface area (Å²) in [5.74, 6) is -1.82. The Morgan fingerprint density at radius 3 is 2.41 bits per heavy atom. The monoisotopic (exact) mass is 487 g/mol. The van der Waals surface area contributed by atoms with Crippen molar-refractivity contribution >= 4 is 34.5 Å². The Morgan fingerprint density at radius 1 is 1.12 bits per heavy atom. The highest BCUT2D eigenvalue weighted by Gasteiger charge is 2.48. The third-order valence-electron chi connectivity index (χ3n) is 5.48. The molecule has 4 rings (SSSR count). The van der Waals surface area contributed by atoms with Crippen LogP contribution in [-0.4, -0.2) is 23.4 Å². The fourth-order valence-corrected chi connectivity index (χ4v) is 4.90. The van der Waals surface area contributed by atoms with Gasteiger partial charge in [-0.05, 0) is 73.3 Å². The number of carbonyl (C=O) groups is 2. The fraction of sp³-hybridized carbons (Fsp3) is 0.200. The molecule has 1 fully saturated rings. The first-order chi connectivity index (χ1) is 16.1. The topological polar surface area (TPSA) is 66.8 Å². The Morgan fingerprint density at radius 2 is 1.82 bits per heavy atom. The minimum atomic E-state index is -4.62. The van der Waals surface area contributed by atoms with Gasteiger partial charge in [0.25, 0.3) is 11.7 Å². The Hall–Kier alpha value is -3.59. The van der Waals surface area contributed by atoms with Crippen LogP contribution in [0.1, 0.15) is 34.5 Å². The van der Waals surface area contributed by atoms with E-state index in [4.69, 9.17) is 4.74 Å². The molecule has 1 N–H and O–H groups in total. The number of thiophene rings is 1. The molecule has 2 aromatic carbocycles. The van der Waals surface area contributed by atoms with Crippen molar-refractivity contribution in [3.05, 3.63) is 87.1 Å². The van der Waals surface area contributed by atoms with Crippen LogP contribution >= 0.6 is 11.3 Å². The summed E-state index contributed by atoms with van der Waals surface area (Å²) in [4.78, 5) is 27.8. The zero-order chi connectivity index (χ0) is 24.6. The first-order valence-corrected chi connectivity index (χ1v) is 11.3. The van der Waals surface area contributed by atoms with E-state index in [1.807, 2.05) is 6.92 Å². The summed E-state index contributed by atoms with van der Waals surface area (Å²) in [5.41, 5.74) is -0.186. The molecule has 176 valence electrons. The van der Waals surface area contributed by atoms with Crippen LogP contribution in [0.5, 0.6) is 5.75 Å². The molecule has 1 aliphatic rings. The molecule has 5 nitrogen and oxygen atoms in total. The van der Waals surface area contributed by atoms with E-state index < -0.39 is 35.2 Å². The van der Waals surface area contributed by atoms with Crippen LogP contribution < -0.4 is 9.64 Å². The number of amides is 1. The molecule has 1 aliphatic heterocycles. The average molecular weight is 487 g/mol. The number of ether oxygens (including phenoxy) is 1. The van der Waals surface area contributed by atoms with Gasteiger partial charge in [-0.25, -0.2) is 0 Å². The summed E-state index contributed by atoms with van der Waals surface area (Å²) in [6.45, 7) is 4.05. The highest BCUT2D eigenvalue weighted by atomic mass is 32.1. The summed E-state index contributed by atoms with van der Waals surface area (Å²) < 4.78 is 45.4. The van der Waals surface area contributed by atoms with Gasteiger partial charge in [0.1, 0.15) is 17.6 Å². The first-order valence-electron chi connectivity index (χ1n) is 10.4. The summed E-state index contributed by atoms with van der Waals surface area (Å²) in [6.07, 6.45) is -4.62. The number of alkyl halides is 3. The second-order valence-electron chi connectivity index (χ2n) is 7.64. The first kappa shape index (κ1) is 23.6. The molecule has 1 aromatic heterocycles. The van der Waals surface area contributed by atoms with Gasteiger partial charge in [-0.3, -0.25) is 14.5 Å². The molecular formula is C25H20F3NO4S. The molecule has 1 unspecified atom stereocenters. The molecular weight excluding hydrogens is 467 g/mol. The number of aliphatic hydroxyl groups is 1. The number of carbonyl (C=O) groups excluding carboxylic acids is 2. The number of aliphatic hydroxyl groups excluding tert-OH is 1. The highest BCUT2D eigenvalue weighted by Crippen LogP contribution is 2.45. The van der Waals surface area contributed by atoms with Gasteiger partial charge in [-0.1, -0.05) is 6.07 Å². The summed E-state index contributed by atoms with van der Waals surface area (Å²) >= 11 is 1.25. The lowest BCUT2D eigenvalue weighted by molar-refractivity contribution is -0.137. The van der Waals surface area contributed by atoms with Crippen molar-refractivity contribution in [2.45, 2.75) is 26.1 Å². The average Bonchev–Trinajstić information content (AvgIpc) is 3.34. The van der Waals surface area contributed by atoms with E-state index in [0.717, 1.165) is 22.6 Å². The second kappa shape index (κ2) is 8.98. The Bertz CT molecular complexity index is 1280. The van der Waals surface area contributed by atoms with E-state index in [2.05, 4.69) is 0 Å². The molecule has 34 heavy (non-hydrogen) atoms. The van der Waals surface area contributed by atoms with Crippen LogP contribution in [-0.2, 0) is 15.8 Å². The van der Waals surface area contributed by atoms with Gasteiger partial charge in [0, 0.05) is 16.1 Å². The second-order valence-corrected chi connectivity index (χ2v) is 8.59. The predicted molar refractivity (Wildman–Crippen MR) is 123 cm³/mol. The van der Waals surface area contributed by atoms with Gasteiger partial charge in [0.2, 0.25) is 0 Å². The van der Waals surface area contributed by atoms with Crippen LogP contribution in [0.25, 0.3) is 5.76 Å². The number of aryl methyl sites for hydroxylation is 1. The Labute approximate surface area is 197 Å². The maximum atomic E-state index is 13.3. The van der Waals surface area contributed by atoms with Crippen LogP contribution in [0, 0.1) is 6.92 Å². The maximum absolute atomic E-state index is 13.3. The number of halogens is 3. The van der Waals surface area contributed by atoms with Crippen LogP contribution in [0.2, 0.25) is 0 Å². The molecule has 1 saturated heterocycles. The van der Waals surface area contributed by atoms with Crippen LogP contribution in [0.15, 0.2) is 65.6 Å². The van der Waals surface area contributed by atoms with Gasteiger partial charge in [-0.15, -0.1) is 11.3 Å². The third kappa shape index (κ3) is 4.19. The van der Waals surface area contributed by atoms with Crippen molar-refractivity contribution in [1.82, 2.24) is 0 Å². The van der Waals surface area contributed by atoms with Crippen LogP contribution in [0.3, 0.4) is 0 Å². The quantitative estimate of drug-likeness (QED) is 0.268. The molecule has 0 saturated carbocycles. The van der Waals surface area contributed by atoms with Gasteiger partial charge in [0.05, 0.1) is 17.7 Å². The summed E-state index contributed by atoms with van der Waals surface area (Å²) in [7, 11) is 0. The molecule has 0 bridgehead atoms. The zero-order valence-corrected chi connectivity index (χ0v) is 19.0.